The molecule has 0 aromatic heterocycles. The van der Waals surface area contributed by atoms with E-state index >= 15 is 0 Å². The third-order valence-corrected chi connectivity index (χ3v) is 3.61. The Labute approximate surface area is 138 Å². The number of carbonyl (C=O) groups excluding carboxylic acids is 1. The number of unbranched alkanes of at least 4 members (excludes halogenated alkanes) is 5. The van der Waals surface area contributed by atoms with Crippen molar-refractivity contribution in [3.63, 3.8) is 0 Å². The molecule has 0 saturated heterocycles. The summed E-state index contributed by atoms with van der Waals surface area (Å²) in [6, 6.07) is 8.97. The Bertz CT molecular complexity index is 529. The van der Waals surface area contributed by atoms with E-state index in [1.807, 2.05) is 6.07 Å². The molecule has 1 N–H and O–H groups in total. The Morgan fingerprint density at radius 3 is 2.45 bits per heavy atom. The highest BCUT2D eigenvalue weighted by Crippen LogP contribution is 2.12. The molecule has 22 heavy (non-hydrogen) atoms. The van der Waals surface area contributed by atoms with Gasteiger partial charge in [-0.3, -0.25) is 4.79 Å². The summed E-state index contributed by atoms with van der Waals surface area (Å²) in [4.78, 5) is 12.0. The van der Waals surface area contributed by atoms with E-state index in [2.05, 4.69) is 12.2 Å². The van der Waals surface area contributed by atoms with Crippen LogP contribution >= 0.6 is 11.6 Å². The molecule has 0 aliphatic heterocycles. The van der Waals surface area contributed by atoms with Gasteiger partial charge >= 0.3 is 0 Å². The molecule has 0 saturated carbocycles. The van der Waals surface area contributed by atoms with E-state index in [4.69, 9.17) is 16.9 Å². The second-order valence-electron chi connectivity index (χ2n) is 5.25. The summed E-state index contributed by atoms with van der Waals surface area (Å²) in [5.74, 6) is -0.314. The standard InChI is InChI=1S/C18H23ClN2O/c1-2-3-4-5-6-7-12-21-18(22)16(14-20)13-15-8-10-17(19)11-9-15/h8-11,13H,2-7,12H2,1H3,(H,21,22). The number of benzene rings is 1. The first kappa shape index (κ1) is 18.3. The van der Waals surface area contributed by atoms with Crippen LogP contribution in [0.5, 0.6) is 0 Å². The molecule has 0 aliphatic carbocycles. The average Bonchev–Trinajstić information content (AvgIpc) is 2.53. The van der Waals surface area contributed by atoms with E-state index in [0.29, 0.717) is 11.6 Å². The maximum atomic E-state index is 12.0. The topological polar surface area (TPSA) is 52.9 Å². The second-order valence-corrected chi connectivity index (χ2v) is 5.68. The molecule has 4 heteroatoms. The third kappa shape index (κ3) is 7.28. The zero-order chi connectivity index (χ0) is 16.2. The molecule has 0 radical (unpaired) electrons. The predicted octanol–water partition coefficient (Wildman–Crippen LogP) is 4.72. The van der Waals surface area contributed by atoms with Crippen LogP contribution in [0.1, 0.15) is 51.0 Å². The fraction of sp³-hybridized carbons (Fsp3) is 0.444. The molecular formula is C18H23ClN2O. The van der Waals surface area contributed by atoms with Crippen LogP contribution in [0.2, 0.25) is 5.02 Å². The van der Waals surface area contributed by atoms with Crippen molar-refractivity contribution >= 4 is 23.6 Å². The lowest BCUT2D eigenvalue weighted by Crippen LogP contribution is -2.25. The van der Waals surface area contributed by atoms with Gasteiger partial charge in [-0.25, -0.2) is 0 Å². The van der Waals surface area contributed by atoms with Crippen molar-refractivity contribution < 1.29 is 4.79 Å². The van der Waals surface area contributed by atoms with E-state index in [0.717, 1.165) is 18.4 Å². The van der Waals surface area contributed by atoms with Gasteiger partial charge in [0.05, 0.1) is 0 Å². The van der Waals surface area contributed by atoms with Crippen LogP contribution in [0, 0.1) is 11.3 Å². The van der Waals surface area contributed by atoms with Crippen molar-refractivity contribution in [1.29, 1.82) is 5.26 Å². The van der Waals surface area contributed by atoms with Crippen LogP contribution in [-0.2, 0) is 4.79 Å². The van der Waals surface area contributed by atoms with Crippen LogP contribution in [0.25, 0.3) is 6.08 Å². The number of rotatable bonds is 9. The van der Waals surface area contributed by atoms with Crippen LogP contribution < -0.4 is 5.32 Å². The molecule has 0 fully saturated rings. The number of amides is 1. The predicted molar refractivity (Wildman–Crippen MR) is 91.4 cm³/mol. The van der Waals surface area contributed by atoms with Gasteiger partial charge in [0.15, 0.2) is 0 Å². The Kier molecular flexibility index (Phi) is 9.02. The summed E-state index contributed by atoms with van der Waals surface area (Å²) in [5.41, 5.74) is 0.906. The zero-order valence-electron chi connectivity index (χ0n) is 13.1. The van der Waals surface area contributed by atoms with Gasteiger partial charge in [0, 0.05) is 11.6 Å². The number of carbonyl (C=O) groups is 1. The molecule has 1 amide bonds. The van der Waals surface area contributed by atoms with Gasteiger partial charge in [0.2, 0.25) is 0 Å². The van der Waals surface area contributed by atoms with Gasteiger partial charge < -0.3 is 5.32 Å². The monoisotopic (exact) mass is 318 g/mol. The van der Waals surface area contributed by atoms with Crippen molar-refractivity contribution in [2.75, 3.05) is 6.54 Å². The average molecular weight is 319 g/mol. The van der Waals surface area contributed by atoms with E-state index in [-0.39, 0.29) is 11.5 Å². The number of halogens is 1. The van der Waals surface area contributed by atoms with E-state index < -0.39 is 0 Å². The van der Waals surface area contributed by atoms with Crippen molar-refractivity contribution in [2.24, 2.45) is 0 Å². The molecular weight excluding hydrogens is 296 g/mol. The summed E-state index contributed by atoms with van der Waals surface area (Å²) in [5, 5.41) is 12.5. The first-order valence-electron chi connectivity index (χ1n) is 7.83. The van der Waals surface area contributed by atoms with Crippen LogP contribution in [0.3, 0.4) is 0 Å². The van der Waals surface area contributed by atoms with E-state index in [9.17, 15) is 4.79 Å². The Morgan fingerprint density at radius 2 is 1.82 bits per heavy atom. The van der Waals surface area contributed by atoms with Crippen molar-refractivity contribution in [3.05, 3.63) is 40.4 Å². The highest BCUT2D eigenvalue weighted by atomic mass is 35.5. The molecule has 3 nitrogen and oxygen atoms in total. The second kappa shape index (κ2) is 10.9. The van der Waals surface area contributed by atoms with Gasteiger partial charge in [-0.05, 0) is 30.2 Å². The highest BCUT2D eigenvalue weighted by molar-refractivity contribution is 6.30. The number of nitrogens with one attached hydrogen (secondary N) is 1. The van der Waals surface area contributed by atoms with E-state index in [1.54, 1.807) is 30.3 Å². The third-order valence-electron chi connectivity index (χ3n) is 3.36. The normalized spacial score (nSPS) is 11.0. The van der Waals surface area contributed by atoms with Gasteiger partial charge in [0.1, 0.15) is 11.6 Å². The first-order valence-corrected chi connectivity index (χ1v) is 8.20. The largest absolute Gasteiger partial charge is 0.351 e. The van der Waals surface area contributed by atoms with Gasteiger partial charge in [-0.15, -0.1) is 0 Å². The SMILES string of the molecule is CCCCCCCCNC(=O)C(C#N)=Cc1ccc(Cl)cc1. The quantitative estimate of drug-likeness (QED) is 0.407. The summed E-state index contributed by atoms with van der Waals surface area (Å²) in [7, 11) is 0. The molecule has 118 valence electrons. The lowest BCUT2D eigenvalue weighted by Gasteiger charge is -2.04. The molecule has 1 rings (SSSR count). The fourth-order valence-electron chi connectivity index (χ4n) is 2.08. The molecule has 0 spiro atoms. The fourth-order valence-corrected chi connectivity index (χ4v) is 2.20. The molecule has 1 aromatic rings. The van der Waals surface area contributed by atoms with Crippen molar-refractivity contribution in [2.45, 2.75) is 45.4 Å². The van der Waals surface area contributed by atoms with E-state index in [1.165, 1.54) is 25.7 Å². The Morgan fingerprint density at radius 1 is 1.18 bits per heavy atom. The first-order chi connectivity index (χ1) is 10.7. The molecule has 0 aliphatic rings. The molecule has 0 bridgehead atoms. The Hall–Kier alpha value is -1.79. The highest BCUT2D eigenvalue weighted by Gasteiger charge is 2.08. The van der Waals surface area contributed by atoms with Crippen LogP contribution in [0.15, 0.2) is 29.8 Å². The summed E-state index contributed by atoms with van der Waals surface area (Å²) in [6.45, 7) is 2.81. The number of nitrogens with zero attached hydrogens (tertiary/aromatic N) is 1. The van der Waals surface area contributed by atoms with Gasteiger partial charge in [0.25, 0.3) is 5.91 Å². The summed E-state index contributed by atoms with van der Waals surface area (Å²) in [6.07, 6.45) is 8.61. The smallest absolute Gasteiger partial charge is 0.261 e. The summed E-state index contributed by atoms with van der Waals surface area (Å²) < 4.78 is 0. The van der Waals surface area contributed by atoms with Crippen LogP contribution in [0.4, 0.5) is 0 Å². The van der Waals surface area contributed by atoms with Crippen molar-refractivity contribution in [3.8, 4) is 6.07 Å². The van der Waals surface area contributed by atoms with Crippen LogP contribution in [-0.4, -0.2) is 12.5 Å². The zero-order valence-corrected chi connectivity index (χ0v) is 13.8. The maximum absolute atomic E-state index is 12.0. The molecule has 1 aromatic carbocycles. The summed E-state index contributed by atoms with van der Waals surface area (Å²) >= 11 is 5.81. The van der Waals surface area contributed by atoms with Gasteiger partial charge in [-0.1, -0.05) is 62.8 Å². The maximum Gasteiger partial charge on any atom is 0.261 e. The molecule has 0 atom stereocenters. The minimum atomic E-state index is -0.314. The minimum Gasteiger partial charge on any atom is -0.351 e. The minimum absolute atomic E-state index is 0.119. The number of nitriles is 1. The lowest BCUT2D eigenvalue weighted by molar-refractivity contribution is -0.117. The molecule has 0 unspecified atom stereocenters. The van der Waals surface area contributed by atoms with Gasteiger partial charge in [-0.2, -0.15) is 5.26 Å². The lowest BCUT2D eigenvalue weighted by atomic mass is 10.1. The number of hydrogen-bond donors (Lipinski definition) is 1. The molecule has 0 heterocycles. The van der Waals surface area contributed by atoms with Crippen molar-refractivity contribution in [1.82, 2.24) is 5.32 Å². The Balaban J connectivity index is 2.38. The number of hydrogen-bond acceptors (Lipinski definition) is 2.